The van der Waals surface area contributed by atoms with Gasteiger partial charge in [-0.25, -0.2) is 0 Å². The molecule has 1 aromatic heterocycles. The van der Waals surface area contributed by atoms with Crippen LogP contribution in [-0.2, 0) is 0 Å². The Morgan fingerprint density at radius 2 is 1.59 bits per heavy atom. The Balaban J connectivity index is 2.96. The van der Waals surface area contributed by atoms with Crippen LogP contribution in [-0.4, -0.2) is 62.7 Å². The van der Waals surface area contributed by atoms with Gasteiger partial charge in [0.15, 0.2) is 0 Å². The highest BCUT2D eigenvalue weighted by Gasteiger charge is 2.29. The lowest BCUT2D eigenvalue weighted by Gasteiger charge is -2.28. The van der Waals surface area contributed by atoms with Gasteiger partial charge in [0.25, 0.3) is 0 Å². The molecular weight excluding hydrogens is 250 g/mol. The van der Waals surface area contributed by atoms with Crippen LogP contribution in [0.1, 0.15) is 0 Å². The van der Waals surface area contributed by atoms with E-state index in [4.69, 9.17) is 26.9 Å². The summed E-state index contributed by atoms with van der Waals surface area (Å²) in [4.78, 5) is 11.5. The van der Waals surface area contributed by atoms with Crippen LogP contribution in [0.25, 0.3) is 0 Å². The maximum absolute atomic E-state index is 9.13. The number of hydrogen-bond donors (Lipinski definition) is 5. The third-order valence-electron chi connectivity index (χ3n) is 2.12. The molecule has 5 N–H and O–H groups in total. The van der Waals surface area contributed by atoms with E-state index in [1.165, 1.54) is 0 Å². The molecule has 1 aromatic rings. The lowest BCUT2D eigenvalue weighted by molar-refractivity contribution is 0.0828. The first-order valence-electron chi connectivity index (χ1n) is 4.79. The molecule has 0 radical (unpaired) electrons. The van der Waals surface area contributed by atoms with Gasteiger partial charge in [0.2, 0.25) is 17.2 Å². The van der Waals surface area contributed by atoms with Crippen LogP contribution in [0.4, 0.5) is 11.9 Å². The van der Waals surface area contributed by atoms with Crippen LogP contribution < -0.4 is 10.6 Å². The van der Waals surface area contributed by atoms with Crippen molar-refractivity contribution in [1.29, 1.82) is 0 Å². The van der Waals surface area contributed by atoms with E-state index in [-0.39, 0.29) is 17.2 Å². The first kappa shape index (κ1) is 13.8. The smallest absolute Gasteiger partial charge is 0.229 e. The monoisotopic (exact) mass is 263 g/mol. The molecule has 0 aliphatic carbocycles. The molecule has 0 fully saturated rings. The van der Waals surface area contributed by atoms with Crippen molar-refractivity contribution in [3.05, 3.63) is 5.28 Å². The number of aliphatic hydroxyl groups is 3. The Morgan fingerprint density at radius 1 is 1.06 bits per heavy atom. The third-order valence-corrected chi connectivity index (χ3v) is 2.29. The third kappa shape index (κ3) is 3.37. The van der Waals surface area contributed by atoms with Crippen molar-refractivity contribution in [2.45, 2.75) is 5.54 Å². The first-order chi connectivity index (χ1) is 8.09. The molecule has 8 nitrogen and oxygen atoms in total. The Labute approximate surface area is 103 Å². The van der Waals surface area contributed by atoms with Gasteiger partial charge in [-0.2, -0.15) is 15.0 Å². The summed E-state index contributed by atoms with van der Waals surface area (Å²) >= 11 is 5.66. The van der Waals surface area contributed by atoms with Gasteiger partial charge in [0.1, 0.15) is 5.54 Å². The highest BCUT2D eigenvalue weighted by atomic mass is 35.5. The van der Waals surface area contributed by atoms with E-state index in [1.807, 2.05) is 0 Å². The fourth-order valence-electron chi connectivity index (χ4n) is 1.02. The molecule has 0 atom stereocenters. The summed E-state index contributed by atoms with van der Waals surface area (Å²) in [6.45, 7) is -1.46. The summed E-state index contributed by atoms with van der Waals surface area (Å²) in [6.07, 6.45) is 0. The van der Waals surface area contributed by atoms with Crippen molar-refractivity contribution in [3.63, 3.8) is 0 Å². The summed E-state index contributed by atoms with van der Waals surface area (Å²) in [5.74, 6) is 0.279. The van der Waals surface area contributed by atoms with Crippen LogP contribution in [0.3, 0.4) is 0 Å². The van der Waals surface area contributed by atoms with Gasteiger partial charge in [-0.05, 0) is 11.6 Å². The van der Waals surface area contributed by atoms with Gasteiger partial charge >= 0.3 is 0 Å². The normalized spacial score (nSPS) is 11.4. The molecule has 96 valence electrons. The summed E-state index contributed by atoms with van der Waals surface area (Å²) in [7, 11) is 1.60. The number of rotatable bonds is 6. The second-order valence-corrected chi connectivity index (χ2v) is 3.72. The number of aliphatic hydroxyl groups excluding tert-OH is 3. The summed E-state index contributed by atoms with van der Waals surface area (Å²) in [5, 5.41) is 32.6. The van der Waals surface area contributed by atoms with Crippen molar-refractivity contribution < 1.29 is 15.3 Å². The molecular formula is C8H14ClN5O3. The van der Waals surface area contributed by atoms with E-state index in [2.05, 4.69) is 25.6 Å². The van der Waals surface area contributed by atoms with Crippen LogP contribution in [0, 0.1) is 0 Å². The number of halogens is 1. The standard InChI is InChI=1S/C8H14ClN5O3/c1-10-6-11-5(9)12-7(13-6)14-8(2-15,3-16)4-17/h15-17H,2-4H2,1H3,(H2,10,11,12,13,14). The van der Waals surface area contributed by atoms with Crippen molar-refractivity contribution in [1.82, 2.24) is 15.0 Å². The van der Waals surface area contributed by atoms with E-state index in [9.17, 15) is 0 Å². The number of anilines is 2. The van der Waals surface area contributed by atoms with E-state index < -0.39 is 25.4 Å². The Kier molecular flexibility index (Phi) is 4.82. The van der Waals surface area contributed by atoms with Crippen molar-refractivity contribution >= 4 is 23.5 Å². The molecule has 0 spiro atoms. The first-order valence-corrected chi connectivity index (χ1v) is 5.17. The van der Waals surface area contributed by atoms with Gasteiger partial charge in [-0.15, -0.1) is 0 Å². The summed E-state index contributed by atoms with van der Waals surface area (Å²) < 4.78 is 0. The Bertz CT molecular complexity index is 366. The quantitative estimate of drug-likeness (QED) is 0.429. The zero-order valence-electron chi connectivity index (χ0n) is 9.18. The average Bonchev–Trinajstić information content (AvgIpc) is 2.35. The van der Waals surface area contributed by atoms with Gasteiger partial charge in [0.05, 0.1) is 19.8 Å². The fourth-order valence-corrected chi connectivity index (χ4v) is 1.18. The lowest BCUT2D eigenvalue weighted by atomic mass is 10.0. The van der Waals surface area contributed by atoms with Crippen LogP contribution in [0.2, 0.25) is 5.28 Å². The molecule has 1 rings (SSSR count). The fraction of sp³-hybridized carbons (Fsp3) is 0.625. The van der Waals surface area contributed by atoms with Gasteiger partial charge < -0.3 is 26.0 Å². The topological polar surface area (TPSA) is 123 Å². The molecule has 0 aliphatic rings. The predicted octanol–water partition coefficient (Wildman–Crippen LogP) is -1.31. The zero-order chi connectivity index (χ0) is 12.9. The highest BCUT2D eigenvalue weighted by Crippen LogP contribution is 2.14. The average molecular weight is 264 g/mol. The van der Waals surface area contributed by atoms with Crippen molar-refractivity contribution in [3.8, 4) is 0 Å². The number of hydrogen-bond acceptors (Lipinski definition) is 8. The second kappa shape index (κ2) is 5.92. The molecule has 0 saturated heterocycles. The molecule has 17 heavy (non-hydrogen) atoms. The molecule has 0 amide bonds. The van der Waals surface area contributed by atoms with Crippen molar-refractivity contribution in [2.24, 2.45) is 0 Å². The SMILES string of the molecule is CNc1nc(Cl)nc(NC(CO)(CO)CO)n1. The maximum Gasteiger partial charge on any atom is 0.229 e. The van der Waals surface area contributed by atoms with E-state index in [1.54, 1.807) is 7.05 Å². The van der Waals surface area contributed by atoms with E-state index in [0.717, 1.165) is 0 Å². The summed E-state index contributed by atoms with van der Waals surface area (Å²) in [6, 6.07) is 0. The van der Waals surface area contributed by atoms with Crippen LogP contribution >= 0.6 is 11.6 Å². The predicted molar refractivity (Wildman–Crippen MR) is 62.0 cm³/mol. The maximum atomic E-state index is 9.13. The molecule has 0 aliphatic heterocycles. The zero-order valence-corrected chi connectivity index (χ0v) is 9.94. The number of nitrogens with one attached hydrogen (secondary N) is 2. The Morgan fingerprint density at radius 3 is 2.06 bits per heavy atom. The molecule has 0 bridgehead atoms. The largest absolute Gasteiger partial charge is 0.394 e. The van der Waals surface area contributed by atoms with Crippen LogP contribution in [0.15, 0.2) is 0 Å². The molecule has 9 heteroatoms. The van der Waals surface area contributed by atoms with Crippen LogP contribution in [0.5, 0.6) is 0 Å². The second-order valence-electron chi connectivity index (χ2n) is 3.38. The molecule has 0 unspecified atom stereocenters. The minimum Gasteiger partial charge on any atom is -0.394 e. The van der Waals surface area contributed by atoms with Crippen molar-refractivity contribution in [2.75, 3.05) is 37.5 Å². The molecule has 1 heterocycles. The lowest BCUT2D eigenvalue weighted by Crippen LogP contribution is -2.49. The number of nitrogens with zero attached hydrogens (tertiary/aromatic N) is 3. The van der Waals surface area contributed by atoms with E-state index in [0.29, 0.717) is 0 Å². The minimum absolute atomic E-state index is 0.0467. The van der Waals surface area contributed by atoms with E-state index >= 15 is 0 Å². The van der Waals surface area contributed by atoms with Gasteiger partial charge in [0, 0.05) is 7.05 Å². The minimum atomic E-state index is -1.31. The Hall–Kier alpha value is -1.22. The van der Waals surface area contributed by atoms with Gasteiger partial charge in [-0.1, -0.05) is 0 Å². The highest BCUT2D eigenvalue weighted by molar-refractivity contribution is 6.28. The summed E-state index contributed by atoms with van der Waals surface area (Å²) in [5.41, 5.74) is -1.31. The number of aromatic nitrogens is 3. The van der Waals surface area contributed by atoms with Gasteiger partial charge in [-0.3, -0.25) is 0 Å². The molecule has 0 saturated carbocycles. The molecule has 0 aromatic carbocycles.